The van der Waals surface area contributed by atoms with Crippen LogP contribution in [0.3, 0.4) is 0 Å². The first kappa shape index (κ1) is 18.8. The van der Waals surface area contributed by atoms with Crippen molar-refractivity contribution in [2.24, 2.45) is 0 Å². The second-order valence-electron chi connectivity index (χ2n) is 4.85. The molecule has 0 aliphatic rings. The van der Waals surface area contributed by atoms with Crippen molar-refractivity contribution in [3.05, 3.63) is 57.5 Å². The van der Waals surface area contributed by atoms with Crippen LogP contribution in [0, 0.1) is 11.3 Å². The second-order valence-corrected chi connectivity index (χ2v) is 6.11. The van der Waals surface area contributed by atoms with E-state index in [-0.39, 0.29) is 29.8 Å². The molecule has 2 aromatic rings. The van der Waals surface area contributed by atoms with Gasteiger partial charge in [-0.2, -0.15) is 5.26 Å². The molecule has 128 valence electrons. The molecule has 25 heavy (non-hydrogen) atoms. The predicted molar refractivity (Wildman–Crippen MR) is 97.4 cm³/mol. The van der Waals surface area contributed by atoms with E-state index < -0.39 is 5.91 Å². The molecule has 0 saturated heterocycles. The van der Waals surface area contributed by atoms with Gasteiger partial charge in [0.2, 0.25) is 5.91 Å². The fourth-order valence-electron chi connectivity index (χ4n) is 1.82. The Kier molecular flexibility index (Phi) is 6.81. The first-order valence-corrected chi connectivity index (χ1v) is 8.30. The third-order valence-electron chi connectivity index (χ3n) is 3.01. The Morgan fingerprint density at radius 2 is 1.96 bits per heavy atom. The van der Waals surface area contributed by atoms with E-state index in [0.29, 0.717) is 11.3 Å². The zero-order valence-corrected chi connectivity index (χ0v) is 15.2. The van der Waals surface area contributed by atoms with E-state index in [1.54, 1.807) is 18.2 Å². The van der Waals surface area contributed by atoms with Crippen molar-refractivity contribution >= 4 is 45.0 Å². The van der Waals surface area contributed by atoms with Gasteiger partial charge < -0.3 is 15.4 Å². The lowest BCUT2D eigenvalue weighted by Gasteiger charge is -2.10. The van der Waals surface area contributed by atoms with Gasteiger partial charge in [-0.05, 0) is 46.3 Å². The van der Waals surface area contributed by atoms with Crippen LogP contribution in [0.5, 0.6) is 5.75 Å². The Morgan fingerprint density at radius 1 is 1.20 bits per heavy atom. The average Bonchev–Trinajstić information content (AvgIpc) is 2.60. The fourth-order valence-corrected chi connectivity index (χ4v) is 2.44. The third kappa shape index (κ3) is 5.78. The minimum Gasteiger partial charge on any atom is -0.482 e. The van der Waals surface area contributed by atoms with Gasteiger partial charge in [0, 0.05) is 4.47 Å². The maximum atomic E-state index is 11.8. The number of hydrogen-bond acceptors (Lipinski definition) is 4. The highest BCUT2D eigenvalue weighted by atomic mass is 79.9. The van der Waals surface area contributed by atoms with E-state index in [4.69, 9.17) is 21.6 Å². The number of nitrogens with one attached hydrogen (secondary N) is 2. The van der Waals surface area contributed by atoms with Crippen molar-refractivity contribution in [3.8, 4) is 11.8 Å². The number of benzene rings is 2. The minimum atomic E-state index is -0.470. The molecule has 0 aliphatic heterocycles. The summed E-state index contributed by atoms with van der Waals surface area (Å²) < 4.78 is 6.02. The van der Waals surface area contributed by atoms with Gasteiger partial charge in [-0.25, -0.2) is 0 Å². The van der Waals surface area contributed by atoms with Crippen LogP contribution in [0.2, 0.25) is 5.02 Å². The van der Waals surface area contributed by atoms with Crippen molar-refractivity contribution in [2.75, 3.05) is 18.5 Å². The van der Waals surface area contributed by atoms with Crippen LogP contribution in [0.15, 0.2) is 46.9 Å². The Bertz CT molecular complexity index is 836. The maximum Gasteiger partial charge on any atom is 0.258 e. The van der Waals surface area contributed by atoms with Crippen molar-refractivity contribution in [1.82, 2.24) is 5.32 Å². The van der Waals surface area contributed by atoms with Crippen LogP contribution in [0.4, 0.5) is 5.69 Å². The van der Waals surface area contributed by atoms with Crippen LogP contribution >= 0.6 is 27.5 Å². The van der Waals surface area contributed by atoms with Crippen LogP contribution in [0.1, 0.15) is 5.56 Å². The molecule has 8 heteroatoms. The number of para-hydroxylation sites is 1. The lowest BCUT2D eigenvalue weighted by atomic mass is 10.2. The molecule has 0 aromatic heterocycles. The van der Waals surface area contributed by atoms with Crippen molar-refractivity contribution < 1.29 is 14.3 Å². The van der Waals surface area contributed by atoms with E-state index in [1.807, 2.05) is 12.1 Å². The molecule has 2 aromatic carbocycles. The van der Waals surface area contributed by atoms with E-state index in [9.17, 15) is 9.59 Å². The molecule has 0 atom stereocenters. The lowest BCUT2D eigenvalue weighted by Crippen LogP contribution is -2.35. The topological polar surface area (TPSA) is 91.2 Å². The van der Waals surface area contributed by atoms with E-state index >= 15 is 0 Å². The monoisotopic (exact) mass is 421 g/mol. The molecule has 2 amide bonds. The van der Waals surface area contributed by atoms with Gasteiger partial charge >= 0.3 is 0 Å². The lowest BCUT2D eigenvalue weighted by molar-refractivity contribution is -0.125. The number of amides is 2. The Morgan fingerprint density at radius 3 is 2.64 bits per heavy atom. The highest BCUT2D eigenvalue weighted by Crippen LogP contribution is 2.25. The Labute approximate surface area is 157 Å². The normalized spacial score (nSPS) is 9.80. The van der Waals surface area contributed by atoms with Crippen molar-refractivity contribution in [2.45, 2.75) is 0 Å². The molecule has 0 heterocycles. The summed E-state index contributed by atoms with van der Waals surface area (Å²) in [6, 6.07) is 13.6. The highest BCUT2D eigenvalue weighted by molar-refractivity contribution is 9.10. The fraction of sp³-hybridized carbons (Fsp3) is 0.118. The molecule has 0 bridgehead atoms. The van der Waals surface area contributed by atoms with Crippen LogP contribution < -0.4 is 15.4 Å². The zero-order chi connectivity index (χ0) is 18.2. The number of nitrogens with zero attached hydrogens (tertiary/aromatic N) is 1. The van der Waals surface area contributed by atoms with E-state index in [2.05, 4.69) is 26.6 Å². The number of carbonyl (C=O) groups is 2. The van der Waals surface area contributed by atoms with Crippen LogP contribution in [0.25, 0.3) is 0 Å². The summed E-state index contributed by atoms with van der Waals surface area (Å²) >= 11 is 9.27. The number of rotatable bonds is 6. The Balaban J connectivity index is 1.78. The maximum absolute atomic E-state index is 11.8. The molecule has 0 unspecified atom stereocenters. The molecule has 0 fully saturated rings. The highest BCUT2D eigenvalue weighted by Gasteiger charge is 2.09. The summed E-state index contributed by atoms with van der Waals surface area (Å²) in [5, 5.41) is 14.1. The molecule has 0 radical (unpaired) electrons. The second kappa shape index (κ2) is 9.06. The van der Waals surface area contributed by atoms with E-state index in [0.717, 1.165) is 4.47 Å². The number of ether oxygens (including phenoxy) is 1. The van der Waals surface area contributed by atoms with Crippen molar-refractivity contribution in [3.63, 3.8) is 0 Å². The standard InChI is InChI=1S/C17H13BrClN3O3/c18-12-3-1-2-4-14(12)22-16(23)9-21-17(24)10-25-15-6-5-11(8-20)7-13(15)19/h1-7H,9-10H2,(H,21,24)(H,22,23). The molecular formula is C17H13BrClN3O3. The van der Waals surface area contributed by atoms with Gasteiger partial charge in [0.1, 0.15) is 5.75 Å². The largest absolute Gasteiger partial charge is 0.482 e. The van der Waals surface area contributed by atoms with Gasteiger partial charge in [-0.15, -0.1) is 0 Å². The number of nitriles is 1. The molecule has 2 N–H and O–H groups in total. The molecular weight excluding hydrogens is 410 g/mol. The average molecular weight is 423 g/mol. The first-order chi connectivity index (χ1) is 12.0. The molecule has 0 spiro atoms. The summed E-state index contributed by atoms with van der Waals surface area (Å²) in [6.07, 6.45) is 0. The molecule has 0 saturated carbocycles. The number of hydrogen-bond donors (Lipinski definition) is 2. The summed E-state index contributed by atoms with van der Waals surface area (Å²) in [7, 11) is 0. The Hall–Kier alpha value is -2.56. The molecule has 2 rings (SSSR count). The number of halogens is 2. The summed E-state index contributed by atoms with van der Waals surface area (Å²) in [5.74, 6) is -0.548. The van der Waals surface area contributed by atoms with Gasteiger partial charge in [0.05, 0.1) is 28.9 Å². The van der Waals surface area contributed by atoms with Gasteiger partial charge in [-0.1, -0.05) is 23.7 Å². The third-order valence-corrected chi connectivity index (χ3v) is 4.00. The molecule has 6 nitrogen and oxygen atoms in total. The van der Waals surface area contributed by atoms with E-state index in [1.165, 1.54) is 18.2 Å². The quantitative estimate of drug-likeness (QED) is 0.748. The van der Waals surface area contributed by atoms with Gasteiger partial charge in [0.25, 0.3) is 5.91 Å². The van der Waals surface area contributed by atoms with Gasteiger partial charge in [0.15, 0.2) is 6.61 Å². The van der Waals surface area contributed by atoms with Crippen LogP contribution in [-0.2, 0) is 9.59 Å². The molecule has 0 aliphatic carbocycles. The number of anilines is 1. The summed E-state index contributed by atoms with van der Waals surface area (Å²) in [6.45, 7) is -0.488. The SMILES string of the molecule is N#Cc1ccc(OCC(=O)NCC(=O)Nc2ccccc2Br)c(Cl)c1. The summed E-state index contributed by atoms with van der Waals surface area (Å²) in [5.41, 5.74) is 1.01. The van der Waals surface area contributed by atoms with Crippen LogP contribution in [-0.4, -0.2) is 25.0 Å². The number of carbonyl (C=O) groups excluding carboxylic acids is 2. The smallest absolute Gasteiger partial charge is 0.258 e. The minimum absolute atomic E-state index is 0.190. The van der Waals surface area contributed by atoms with Gasteiger partial charge in [-0.3, -0.25) is 9.59 Å². The predicted octanol–water partition coefficient (Wildman–Crippen LogP) is 3.11. The zero-order valence-electron chi connectivity index (χ0n) is 12.9. The first-order valence-electron chi connectivity index (χ1n) is 7.13. The summed E-state index contributed by atoms with van der Waals surface area (Å²) in [4.78, 5) is 23.6. The van der Waals surface area contributed by atoms with Crippen molar-refractivity contribution in [1.29, 1.82) is 5.26 Å².